The van der Waals surface area contributed by atoms with Gasteiger partial charge in [0.25, 0.3) is 0 Å². The Morgan fingerprint density at radius 3 is 2.47 bits per heavy atom. The van der Waals surface area contributed by atoms with Crippen LogP contribution < -0.4 is 10.1 Å². The standard InChI is InChI=1S/C23H31N5O2S2/c1-14(2)11-28-21(17(6)30-19-9-7-18(8-10-19)15(3)4)26-27-23(28)32-13-20(29)25-22-24-16(5)12-31-22/h7-10,12,14-15,17H,11,13H2,1-6H3,(H,24,25,29). The van der Waals surface area contributed by atoms with E-state index in [4.69, 9.17) is 4.74 Å². The quantitative estimate of drug-likeness (QED) is 0.381. The summed E-state index contributed by atoms with van der Waals surface area (Å²) in [6, 6.07) is 8.18. The van der Waals surface area contributed by atoms with Crippen LogP contribution in [0.2, 0.25) is 0 Å². The number of nitrogens with zero attached hydrogens (tertiary/aromatic N) is 4. The van der Waals surface area contributed by atoms with E-state index < -0.39 is 0 Å². The predicted octanol–water partition coefficient (Wildman–Crippen LogP) is 5.69. The van der Waals surface area contributed by atoms with Gasteiger partial charge in [0.1, 0.15) is 5.75 Å². The van der Waals surface area contributed by atoms with Crippen LogP contribution in [-0.2, 0) is 11.3 Å². The summed E-state index contributed by atoms with van der Waals surface area (Å²) in [5.41, 5.74) is 2.17. The molecule has 0 spiro atoms. The molecule has 0 aliphatic rings. The first kappa shape index (κ1) is 24.3. The monoisotopic (exact) mass is 473 g/mol. The van der Waals surface area contributed by atoms with Gasteiger partial charge in [-0.3, -0.25) is 4.79 Å². The summed E-state index contributed by atoms with van der Waals surface area (Å²) in [5.74, 6) is 2.56. The molecule has 0 radical (unpaired) electrons. The molecule has 3 rings (SSSR count). The highest BCUT2D eigenvalue weighted by Crippen LogP contribution is 2.27. The van der Waals surface area contributed by atoms with E-state index in [2.05, 4.69) is 64.9 Å². The maximum absolute atomic E-state index is 12.3. The summed E-state index contributed by atoms with van der Waals surface area (Å²) in [6.07, 6.45) is -0.271. The number of benzene rings is 1. The Balaban J connectivity index is 1.68. The van der Waals surface area contributed by atoms with Gasteiger partial charge in [-0.1, -0.05) is 51.6 Å². The number of amides is 1. The number of carbonyl (C=O) groups excluding carboxylic acids is 1. The number of ether oxygens (including phenoxy) is 1. The Hall–Kier alpha value is -2.39. The maximum Gasteiger partial charge on any atom is 0.236 e. The Bertz CT molecular complexity index is 1030. The molecule has 32 heavy (non-hydrogen) atoms. The van der Waals surface area contributed by atoms with Crippen molar-refractivity contribution in [1.29, 1.82) is 0 Å². The molecule has 0 aliphatic carbocycles. The highest BCUT2D eigenvalue weighted by atomic mass is 32.2. The first-order valence-corrected chi connectivity index (χ1v) is 12.6. The van der Waals surface area contributed by atoms with Crippen LogP contribution in [0.25, 0.3) is 0 Å². The SMILES string of the molecule is Cc1csc(NC(=O)CSc2nnc(C(C)Oc3ccc(C(C)C)cc3)n2CC(C)C)n1. The van der Waals surface area contributed by atoms with Crippen molar-refractivity contribution in [1.82, 2.24) is 19.7 Å². The molecule has 0 saturated heterocycles. The van der Waals surface area contributed by atoms with Gasteiger partial charge in [-0.25, -0.2) is 4.98 Å². The molecule has 3 aromatic rings. The molecular formula is C23H31N5O2S2. The van der Waals surface area contributed by atoms with E-state index >= 15 is 0 Å². The number of rotatable bonds is 10. The zero-order valence-corrected chi connectivity index (χ0v) is 21.1. The fraction of sp³-hybridized carbons (Fsp3) is 0.478. The molecular weight excluding hydrogens is 442 g/mol. The summed E-state index contributed by atoms with van der Waals surface area (Å²) in [6.45, 7) is 13.3. The van der Waals surface area contributed by atoms with Gasteiger partial charge in [0.05, 0.1) is 11.4 Å². The van der Waals surface area contributed by atoms with Gasteiger partial charge in [0, 0.05) is 11.9 Å². The Kier molecular flexibility index (Phi) is 8.31. The summed E-state index contributed by atoms with van der Waals surface area (Å²) in [4.78, 5) is 16.6. The molecule has 7 nitrogen and oxygen atoms in total. The molecule has 2 heterocycles. The van der Waals surface area contributed by atoms with Crippen molar-refractivity contribution in [2.75, 3.05) is 11.1 Å². The summed E-state index contributed by atoms with van der Waals surface area (Å²) < 4.78 is 8.22. The second-order valence-electron chi connectivity index (χ2n) is 8.46. The molecule has 0 saturated carbocycles. The van der Waals surface area contributed by atoms with Crippen LogP contribution in [0.4, 0.5) is 5.13 Å². The van der Waals surface area contributed by atoms with E-state index in [9.17, 15) is 4.79 Å². The molecule has 1 atom stereocenters. The molecule has 2 aromatic heterocycles. The number of aryl methyl sites for hydroxylation is 1. The van der Waals surface area contributed by atoms with Crippen LogP contribution in [0.1, 0.15) is 63.7 Å². The van der Waals surface area contributed by atoms with Crippen LogP contribution >= 0.6 is 23.1 Å². The van der Waals surface area contributed by atoms with Gasteiger partial charge < -0.3 is 14.6 Å². The van der Waals surface area contributed by atoms with Crippen LogP contribution in [0.5, 0.6) is 5.75 Å². The van der Waals surface area contributed by atoms with Crippen LogP contribution in [0.15, 0.2) is 34.8 Å². The molecule has 1 N–H and O–H groups in total. The van der Waals surface area contributed by atoms with Crippen molar-refractivity contribution in [3.63, 3.8) is 0 Å². The third-order valence-electron chi connectivity index (χ3n) is 4.71. The third-order valence-corrected chi connectivity index (χ3v) is 6.56. The van der Waals surface area contributed by atoms with Gasteiger partial charge in [-0.05, 0) is 43.4 Å². The average Bonchev–Trinajstić information content (AvgIpc) is 3.32. The van der Waals surface area contributed by atoms with Crippen LogP contribution in [0.3, 0.4) is 0 Å². The fourth-order valence-electron chi connectivity index (χ4n) is 3.13. The Morgan fingerprint density at radius 1 is 1.16 bits per heavy atom. The average molecular weight is 474 g/mol. The van der Waals surface area contributed by atoms with Crippen molar-refractivity contribution in [3.05, 3.63) is 46.7 Å². The summed E-state index contributed by atoms with van der Waals surface area (Å²) in [7, 11) is 0. The van der Waals surface area contributed by atoms with E-state index in [-0.39, 0.29) is 17.8 Å². The van der Waals surface area contributed by atoms with Gasteiger partial charge in [0.15, 0.2) is 22.2 Å². The van der Waals surface area contributed by atoms with Crippen molar-refractivity contribution in [2.24, 2.45) is 5.92 Å². The van der Waals surface area contributed by atoms with Crippen LogP contribution in [0, 0.1) is 12.8 Å². The number of hydrogen-bond donors (Lipinski definition) is 1. The van der Waals surface area contributed by atoms with Crippen molar-refractivity contribution >= 4 is 34.1 Å². The predicted molar refractivity (Wildman–Crippen MR) is 131 cm³/mol. The lowest BCUT2D eigenvalue weighted by Gasteiger charge is -2.18. The molecule has 9 heteroatoms. The second-order valence-corrected chi connectivity index (χ2v) is 10.3. The number of anilines is 1. The van der Waals surface area contributed by atoms with E-state index in [1.165, 1.54) is 28.7 Å². The molecule has 1 unspecified atom stereocenters. The molecule has 172 valence electrons. The minimum atomic E-state index is -0.271. The maximum atomic E-state index is 12.3. The highest BCUT2D eigenvalue weighted by molar-refractivity contribution is 7.99. The number of carbonyl (C=O) groups is 1. The lowest BCUT2D eigenvalue weighted by Crippen LogP contribution is -2.17. The highest BCUT2D eigenvalue weighted by Gasteiger charge is 2.21. The summed E-state index contributed by atoms with van der Waals surface area (Å²) in [5, 5.41) is 14.8. The smallest absolute Gasteiger partial charge is 0.236 e. The van der Waals surface area contributed by atoms with Gasteiger partial charge in [-0.2, -0.15) is 0 Å². The number of thioether (sulfide) groups is 1. The van der Waals surface area contributed by atoms with Crippen molar-refractivity contribution in [2.45, 2.75) is 65.3 Å². The Morgan fingerprint density at radius 2 is 1.88 bits per heavy atom. The fourth-order valence-corrected chi connectivity index (χ4v) is 4.59. The van der Waals surface area contributed by atoms with Crippen molar-refractivity contribution in [3.8, 4) is 5.75 Å². The van der Waals surface area contributed by atoms with Crippen LogP contribution in [-0.4, -0.2) is 31.4 Å². The minimum Gasteiger partial charge on any atom is -0.483 e. The normalized spacial score (nSPS) is 12.4. The molecule has 0 aliphatic heterocycles. The molecule has 0 bridgehead atoms. The topological polar surface area (TPSA) is 81.9 Å². The molecule has 0 fully saturated rings. The molecule has 1 aromatic carbocycles. The van der Waals surface area contributed by atoms with Gasteiger partial charge in [0.2, 0.25) is 5.91 Å². The summed E-state index contributed by atoms with van der Waals surface area (Å²) >= 11 is 2.79. The van der Waals surface area contributed by atoms with E-state index in [0.717, 1.165) is 23.8 Å². The van der Waals surface area contributed by atoms with Gasteiger partial charge >= 0.3 is 0 Å². The zero-order valence-electron chi connectivity index (χ0n) is 19.5. The van der Waals surface area contributed by atoms with Gasteiger partial charge in [-0.15, -0.1) is 21.5 Å². The van der Waals surface area contributed by atoms with E-state index in [1.807, 2.05) is 31.4 Å². The Labute approximate surface area is 198 Å². The zero-order chi connectivity index (χ0) is 23.3. The second kappa shape index (κ2) is 11.0. The number of hydrogen-bond acceptors (Lipinski definition) is 7. The lowest BCUT2D eigenvalue weighted by molar-refractivity contribution is -0.113. The molecule has 1 amide bonds. The number of thiazole rings is 1. The first-order chi connectivity index (χ1) is 15.2. The lowest BCUT2D eigenvalue weighted by atomic mass is 10.0. The number of aromatic nitrogens is 4. The van der Waals surface area contributed by atoms with Crippen molar-refractivity contribution < 1.29 is 9.53 Å². The first-order valence-electron chi connectivity index (χ1n) is 10.8. The third kappa shape index (κ3) is 6.56. The van der Waals surface area contributed by atoms with E-state index in [0.29, 0.717) is 22.1 Å². The largest absolute Gasteiger partial charge is 0.483 e. The minimum absolute atomic E-state index is 0.112. The van der Waals surface area contributed by atoms with E-state index in [1.54, 1.807) is 0 Å². The number of nitrogens with one attached hydrogen (secondary N) is 1.